The molecule has 5 aromatic rings. The molecule has 290 valence electrons. The molecule has 5 N–H and O–H groups in total. The fraction of sp³-hybridized carbons (Fsp3) is 0.256. The maximum atomic E-state index is 13.0. The van der Waals surface area contributed by atoms with Gasteiger partial charge < -0.3 is 31.3 Å². The molecule has 0 spiro atoms. The lowest BCUT2D eigenvalue weighted by Gasteiger charge is -2.25. The van der Waals surface area contributed by atoms with Crippen molar-refractivity contribution in [1.29, 1.82) is 0 Å². The van der Waals surface area contributed by atoms with Gasteiger partial charge in [0, 0.05) is 41.1 Å². The molecule has 2 aromatic heterocycles. The molecule has 1 fully saturated rings. The van der Waals surface area contributed by atoms with E-state index in [1.165, 1.54) is 0 Å². The van der Waals surface area contributed by atoms with E-state index in [0.717, 1.165) is 24.0 Å². The standard InChI is InChI=1S/C39H37ClF3N9O4/c1-37(2,22-46-32(54)33(55)48-29-9-6-20-44-30(29)24-7-4-3-5-8-24)21-45-31(53)25-10-16-28(17-11-25)47-34-49-35(51-36(50-34)56-23-39(41,42)43)52-38(18-19-38)26-12-14-27(40)15-13-26/h3-17,20H,18-19,21-23H2,1-2H3,(H,45,53)(H,46,54)(H,48,55)(H2,47,49,50,51,52). The molecule has 6 rings (SSSR count). The predicted molar refractivity (Wildman–Crippen MR) is 205 cm³/mol. The van der Waals surface area contributed by atoms with Crippen LogP contribution in [0.1, 0.15) is 42.6 Å². The van der Waals surface area contributed by atoms with Gasteiger partial charge in [-0.1, -0.05) is 67.9 Å². The number of aromatic nitrogens is 4. The quantitative estimate of drug-likeness (QED) is 0.0747. The van der Waals surface area contributed by atoms with Gasteiger partial charge in [-0.2, -0.15) is 28.1 Å². The summed E-state index contributed by atoms with van der Waals surface area (Å²) in [6, 6.07) is 25.5. The Kier molecular flexibility index (Phi) is 11.7. The predicted octanol–water partition coefficient (Wildman–Crippen LogP) is 6.88. The Morgan fingerprint density at radius 2 is 1.48 bits per heavy atom. The van der Waals surface area contributed by atoms with E-state index in [-0.39, 0.29) is 25.0 Å². The zero-order valence-corrected chi connectivity index (χ0v) is 31.0. The Labute approximate surface area is 324 Å². The highest BCUT2D eigenvalue weighted by Crippen LogP contribution is 2.48. The minimum absolute atomic E-state index is 0.00764. The Bertz CT molecular complexity index is 2190. The Morgan fingerprint density at radius 3 is 2.16 bits per heavy atom. The molecule has 0 saturated heterocycles. The number of nitrogens with one attached hydrogen (secondary N) is 5. The van der Waals surface area contributed by atoms with Crippen LogP contribution in [0.4, 0.5) is 36.4 Å². The molecule has 2 heterocycles. The van der Waals surface area contributed by atoms with Gasteiger partial charge in [0.05, 0.1) is 16.9 Å². The molecule has 0 bridgehead atoms. The number of rotatable bonds is 14. The third-order valence-corrected chi connectivity index (χ3v) is 8.90. The van der Waals surface area contributed by atoms with Crippen molar-refractivity contribution in [2.75, 3.05) is 35.6 Å². The van der Waals surface area contributed by atoms with E-state index in [1.54, 1.807) is 54.7 Å². The normalized spacial score (nSPS) is 13.2. The lowest BCUT2D eigenvalue weighted by atomic mass is 9.93. The first-order chi connectivity index (χ1) is 26.7. The minimum atomic E-state index is -4.61. The van der Waals surface area contributed by atoms with Gasteiger partial charge >= 0.3 is 24.0 Å². The van der Waals surface area contributed by atoms with Crippen LogP contribution >= 0.6 is 11.6 Å². The fourth-order valence-electron chi connectivity index (χ4n) is 5.50. The van der Waals surface area contributed by atoms with Crippen LogP contribution in [-0.2, 0) is 15.1 Å². The fourth-order valence-corrected chi connectivity index (χ4v) is 5.63. The highest BCUT2D eigenvalue weighted by molar-refractivity contribution is 6.39. The first-order valence-corrected chi connectivity index (χ1v) is 17.8. The van der Waals surface area contributed by atoms with Crippen molar-refractivity contribution >= 4 is 52.6 Å². The lowest BCUT2D eigenvalue weighted by Crippen LogP contribution is -2.45. The first kappa shape index (κ1) is 39.4. The average Bonchev–Trinajstić information content (AvgIpc) is 3.96. The van der Waals surface area contributed by atoms with Crippen molar-refractivity contribution in [3.8, 4) is 17.3 Å². The molecule has 3 amide bonds. The van der Waals surface area contributed by atoms with Crippen LogP contribution in [0.15, 0.2) is 97.2 Å². The van der Waals surface area contributed by atoms with Crippen molar-refractivity contribution in [2.45, 2.75) is 38.4 Å². The molecule has 0 radical (unpaired) electrons. The summed E-state index contributed by atoms with van der Waals surface area (Å²) in [5.41, 5.74) is 2.18. The second kappa shape index (κ2) is 16.6. The largest absolute Gasteiger partial charge is 0.454 e. The summed E-state index contributed by atoms with van der Waals surface area (Å²) in [5.74, 6) is -2.18. The number of hydrogen-bond donors (Lipinski definition) is 5. The third-order valence-electron chi connectivity index (χ3n) is 8.65. The number of pyridine rings is 1. The van der Waals surface area contributed by atoms with Crippen LogP contribution in [0.3, 0.4) is 0 Å². The second-order valence-electron chi connectivity index (χ2n) is 13.8. The van der Waals surface area contributed by atoms with Crippen LogP contribution in [0, 0.1) is 5.41 Å². The van der Waals surface area contributed by atoms with Crippen LogP contribution in [-0.4, -0.2) is 63.5 Å². The van der Waals surface area contributed by atoms with E-state index in [9.17, 15) is 27.6 Å². The molecule has 3 aromatic carbocycles. The smallest absolute Gasteiger partial charge is 0.422 e. The van der Waals surface area contributed by atoms with E-state index < -0.39 is 47.5 Å². The topological polar surface area (TPSA) is 172 Å². The molecule has 13 nitrogen and oxygen atoms in total. The SMILES string of the molecule is CC(C)(CNC(=O)C(=O)Nc1cccnc1-c1ccccc1)CNC(=O)c1ccc(Nc2nc(NC3(c4ccc(Cl)cc4)CC3)nc(OCC(F)(F)F)n2)cc1. The minimum Gasteiger partial charge on any atom is -0.454 e. The summed E-state index contributed by atoms with van der Waals surface area (Å²) in [6.45, 7) is 2.28. The molecular formula is C39H37ClF3N9O4. The van der Waals surface area contributed by atoms with Crippen molar-refractivity contribution in [3.05, 3.63) is 113 Å². The van der Waals surface area contributed by atoms with Gasteiger partial charge in [-0.15, -0.1) is 0 Å². The van der Waals surface area contributed by atoms with Crippen molar-refractivity contribution in [2.24, 2.45) is 5.41 Å². The summed E-state index contributed by atoms with van der Waals surface area (Å²) >= 11 is 6.04. The summed E-state index contributed by atoms with van der Waals surface area (Å²) in [4.78, 5) is 55.2. The van der Waals surface area contributed by atoms with Gasteiger partial charge in [-0.3, -0.25) is 19.4 Å². The zero-order valence-electron chi connectivity index (χ0n) is 30.2. The van der Waals surface area contributed by atoms with E-state index in [1.807, 2.05) is 56.3 Å². The van der Waals surface area contributed by atoms with Crippen molar-refractivity contribution in [1.82, 2.24) is 30.6 Å². The molecular weight excluding hydrogens is 751 g/mol. The maximum Gasteiger partial charge on any atom is 0.422 e. The van der Waals surface area contributed by atoms with E-state index >= 15 is 0 Å². The Hall–Kier alpha value is -6.29. The van der Waals surface area contributed by atoms with Gasteiger partial charge in [-0.05, 0) is 72.4 Å². The number of anilines is 4. The van der Waals surface area contributed by atoms with Gasteiger partial charge in [0.2, 0.25) is 11.9 Å². The number of alkyl halides is 3. The summed E-state index contributed by atoms with van der Waals surface area (Å²) < 4.78 is 43.8. The molecule has 1 aliphatic rings. The number of amides is 3. The second-order valence-corrected chi connectivity index (χ2v) is 14.3. The number of carbonyl (C=O) groups is 3. The lowest BCUT2D eigenvalue weighted by molar-refractivity contribution is -0.154. The van der Waals surface area contributed by atoms with Crippen molar-refractivity contribution in [3.63, 3.8) is 0 Å². The van der Waals surface area contributed by atoms with E-state index in [4.69, 9.17) is 16.3 Å². The monoisotopic (exact) mass is 787 g/mol. The highest BCUT2D eigenvalue weighted by Gasteiger charge is 2.45. The van der Waals surface area contributed by atoms with Gasteiger partial charge in [-0.25, -0.2) is 0 Å². The number of ether oxygens (including phenoxy) is 1. The number of halogens is 4. The van der Waals surface area contributed by atoms with Gasteiger partial charge in [0.25, 0.3) is 5.91 Å². The van der Waals surface area contributed by atoms with Crippen LogP contribution in [0.25, 0.3) is 11.3 Å². The first-order valence-electron chi connectivity index (χ1n) is 17.4. The van der Waals surface area contributed by atoms with Crippen LogP contribution in [0.2, 0.25) is 5.02 Å². The Morgan fingerprint density at radius 1 is 0.804 bits per heavy atom. The Balaban J connectivity index is 1.03. The molecule has 1 aliphatic carbocycles. The van der Waals surface area contributed by atoms with E-state index in [2.05, 4.69) is 46.5 Å². The number of benzene rings is 3. The van der Waals surface area contributed by atoms with Crippen LogP contribution in [0.5, 0.6) is 6.01 Å². The molecule has 1 saturated carbocycles. The molecule has 56 heavy (non-hydrogen) atoms. The highest BCUT2D eigenvalue weighted by atomic mass is 35.5. The summed E-state index contributed by atoms with van der Waals surface area (Å²) in [7, 11) is 0. The number of hydrogen-bond acceptors (Lipinski definition) is 10. The molecule has 17 heteroatoms. The van der Waals surface area contributed by atoms with Crippen molar-refractivity contribution < 1.29 is 32.3 Å². The maximum absolute atomic E-state index is 13.0. The third kappa shape index (κ3) is 10.7. The number of nitrogens with zero attached hydrogens (tertiary/aromatic N) is 4. The summed E-state index contributed by atoms with van der Waals surface area (Å²) in [6.07, 6.45) is -1.55. The molecule has 0 aliphatic heterocycles. The summed E-state index contributed by atoms with van der Waals surface area (Å²) in [5, 5.41) is 14.8. The van der Waals surface area contributed by atoms with Gasteiger partial charge in [0.1, 0.15) is 0 Å². The number of carbonyl (C=O) groups excluding carboxylic acids is 3. The zero-order chi connectivity index (χ0) is 39.9. The van der Waals surface area contributed by atoms with E-state index in [0.29, 0.717) is 27.7 Å². The average molecular weight is 788 g/mol. The van der Waals surface area contributed by atoms with Crippen LogP contribution < -0.4 is 31.3 Å². The van der Waals surface area contributed by atoms with Gasteiger partial charge in [0.15, 0.2) is 6.61 Å². The molecule has 0 atom stereocenters. The molecule has 0 unspecified atom stereocenters.